The van der Waals surface area contributed by atoms with Crippen LogP contribution in [0.5, 0.6) is 0 Å². The van der Waals surface area contributed by atoms with Gasteiger partial charge in [-0.05, 0) is 13.3 Å². The van der Waals surface area contributed by atoms with Crippen LogP contribution in [0.1, 0.15) is 26.2 Å². The van der Waals surface area contributed by atoms with E-state index in [-0.39, 0.29) is 18.1 Å². The highest BCUT2D eigenvalue weighted by molar-refractivity contribution is 4.95. The highest BCUT2D eigenvalue weighted by Gasteiger charge is 2.47. The zero-order valence-corrected chi connectivity index (χ0v) is 10.9. The molecule has 1 spiro atoms. The maximum atomic E-state index is 10.2. The molecule has 3 aliphatic rings. The lowest BCUT2D eigenvalue weighted by molar-refractivity contribution is -0.208. The molecule has 0 radical (unpaired) electrons. The first-order valence-corrected chi connectivity index (χ1v) is 6.98. The molecular formula is C13H23NO4. The quantitative estimate of drug-likeness (QED) is 0.706. The SMILES string of the molecule is CC1COCC(C2CC3(CCC2O)OCCO3)N1. The van der Waals surface area contributed by atoms with Crippen molar-refractivity contribution in [3.8, 4) is 0 Å². The second-order valence-corrected chi connectivity index (χ2v) is 5.79. The molecule has 18 heavy (non-hydrogen) atoms. The molecule has 0 aromatic heterocycles. The van der Waals surface area contributed by atoms with Gasteiger partial charge in [-0.15, -0.1) is 0 Å². The maximum Gasteiger partial charge on any atom is 0.169 e. The topological polar surface area (TPSA) is 60.0 Å². The average Bonchev–Trinajstić information content (AvgIpc) is 2.81. The Bertz CT molecular complexity index is 293. The highest BCUT2D eigenvalue weighted by atomic mass is 16.7. The van der Waals surface area contributed by atoms with Gasteiger partial charge in [-0.2, -0.15) is 0 Å². The van der Waals surface area contributed by atoms with E-state index in [0.717, 1.165) is 25.9 Å². The molecule has 2 N–H and O–H groups in total. The summed E-state index contributed by atoms with van der Waals surface area (Å²) in [6, 6.07) is 0.549. The minimum atomic E-state index is -0.438. The molecule has 5 heteroatoms. The van der Waals surface area contributed by atoms with Crippen LogP contribution < -0.4 is 5.32 Å². The van der Waals surface area contributed by atoms with Gasteiger partial charge in [0.2, 0.25) is 0 Å². The lowest BCUT2D eigenvalue weighted by Gasteiger charge is -2.44. The normalized spacial score (nSPS) is 44.3. The Morgan fingerprint density at radius 3 is 2.72 bits per heavy atom. The van der Waals surface area contributed by atoms with Crippen LogP contribution in [0.25, 0.3) is 0 Å². The number of morpholine rings is 1. The molecule has 0 aromatic carbocycles. The van der Waals surface area contributed by atoms with Crippen LogP contribution in [0.4, 0.5) is 0 Å². The molecule has 1 aliphatic carbocycles. The lowest BCUT2D eigenvalue weighted by atomic mass is 9.78. The summed E-state index contributed by atoms with van der Waals surface area (Å²) in [5, 5.41) is 13.8. The Kier molecular flexibility index (Phi) is 3.60. The Labute approximate surface area is 108 Å². The number of rotatable bonds is 1. The van der Waals surface area contributed by atoms with Crippen molar-refractivity contribution in [2.45, 2.75) is 50.2 Å². The molecule has 0 aromatic rings. The van der Waals surface area contributed by atoms with Crippen LogP contribution in [-0.2, 0) is 14.2 Å². The fourth-order valence-corrected chi connectivity index (χ4v) is 3.43. The van der Waals surface area contributed by atoms with Crippen molar-refractivity contribution in [2.24, 2.45) is 5.92 Å². The predicted octanol–water partition coefficient (Wildman–Crippen LogP) is 0.267. The second kappa shape index (κ2) is 5.06. The van der Waals surface area contributed by atoms with Gasteiger partial charge < -0.3 is 24.6 Å². The second-order valence-electron chi connectivity index (χ2n) is 5.79. The third-order valence-electron chi connectivity index (χ3n) is 4.36. The summed E-state index contributed by atoms with van der Waals surface area (Å²) in [6.45, 7) is 4.88. The van der Waals surface area contributed by atoms with Gasteiger partial charge >= 0.3 is 0 Å². The first kappa shape index (κ1) is 12.8. The van der Waals surface area contributed by atoms with Crippen molar-refractivity contribution in [2.75, 3.05) is 26.4 Å². The van der Waals surface area contributed by atoms with Crippen LogP contribution in [0, 0.1) is 5.92 Å². The zero-order chi connectivity index (χ0) is 12.6. The smallest absolute Gasteiger partial charge is 0.169 e. The predicted molar refractivity (Wildman–Crippen MR) is 65.2 cm³/mol. The van der Waals surface area contributed by atoms with E-state index in [1.165, 1.54) is 0 Å². The van der Waals surface area contributed by atoms with E-state index < -0.39 is 5.79 Å². The molecule has 5 nitrogen and oxygen atoms in total. The Hall–Kier alpha value is -0.200. The van der Waals surface area contributed by atoms with Gasteiger partial charge in [-0.3, -0.25) is 0 Å². The molecule has 2 heterocycles. The van der Waals surface area contributed by atoms with E-state index in [4.69, 9.17) is 14.2 Å². The summed E-state index contributed by atoms with van der Waals surface area (Å²) < 4.78 is 17.1. The summed E-state index contributed by atoms with van der Waals surface area (Å²) in [7, 11) is 0. The van der Waals surface area contributed by atoms with Crippen molar-refractivity contribution >= 4 is 0 Å². The molecule has 0 bridgehead atoms. The Morgan fingerprint density at radius 1 is 1.22 bits per heavy atom. The van der Waals surface area contributed by atoms with Crippen LogP contribution >= 0.6 is 0 Å². The third kappa shape index (κ3) is 2.42. The zero-order valence-electron chi connectivity index (χ0n) is 10.9. The van der Waals surface area contributed by atoms with Crippen LogP contribution in [0.3, 0.4) is 0 Å². The van der Waals surface area contributed by atoms with Gasteiger partial charge in [0.1, 0.15) is 0 Å². The largest absolute Gasteiger partial charge is 0.393 e. The molecule has 4 atom stereocenters. The summed E-state index contributed by atoms with van der Waals surface area (Å²) >= 11 is 0. The van der Waals surface area contributed by atoms with Crippen LogP contribution in [0.2, 0.25) is 0 Å². The van der Waals surface area contributed by atoms with Crippen molar-refractivity contribution in [3.05, 3.63) is 0 Å². The van der Waals surface area contributed by atoms with Crippen molar-refractivity contribution < 1.29 is 19.3 Å². The molecule has 0 amide bonds. The standard InChI is InChI=1S/C13H23NO4/c1-9-7-16-8-11(14-9)10-6-13(3-2-12(10)15)17-4-5-18-13/h9-12,14-15H,2-8H2,1H3. The maximum absolute atomic E-state index is 10.2. The highest BCUT2D eigenvalue weighted by Crippen LogP contribution is 2.40. The Balaban J connectivity index is 1.68. The Morgan fingerprint density at radius 2 is 2.00 bits per heavy atom. The minimum absolute atomic E-state index is 0.152. The molecule has 3 rings (SSSR count). The van der Waals surface area contributed by atoms with Gasteiger partial charge in [-0.1, -0.05) is 0 Å². The number of aliphatic hydroxyl groups is 1. The van der Waals surface area contributed by atoms with E-state index in [1.54, 1.807) is 0 Å². The van der Waals surface area contributed by atoms with Crippen LogP contribution in [0.15, 0.2) is 0 Å². The number of nitrogens with one attached hydrogen (secondary N) is 1. The molecule has 2 saturated heterocycles. The van der Waals surface area contributed by atoms with E-state index in [1.807, 2.05) is 0 Å². The first-order valence-electron chi connectivity index (χ1n) is 6.98. The minimum Gasteiger partial charge on any atom is -0.393 e. The molecule has 2 aliphatic heterocycles. The molecular weight excluding hydrogens is 234 g/mol. The summed E-state index contributed by atoms with van der Waals surface area (Å²) in [5.41, 5.74) is 0. The van der Waals surface area contributed by atoms with Crippen molar-refractivity contribution in [3.63, 3.8) is 0 Å². The third-order valence-corrected chi connectivity index (χ3v) is 4.36. The van der Waals surface area contributed by atoms with Crippen molar-refractivity contribution in [1.82, 2.24) is 5.32 Å². The summed E-state index contributed by atoms with van der Waals surface area (Å²) in [4.78, 5) is 0. The van der Waals surface area contributed by atoms with E-state index >= 15 is 0 Å². The fourth-order valence-electron chi connectivity index (χ4n) is 3.43. The number of hydrogen-bond donors (Lipinski definition) is 2. The van der Waals surface area contributed by atoms with Gasteiger partial charge in [0.25, 0.3) is 0 Å². The van der Waals surface area contributed by atoms with Crippen LogP contribution in [-0.4, -0.2) is 55.5 Å². The lowest BCUT2D eigenvalue weighted by Crippen LogP contribution is -2.57. The van der Waals surface area contributed by atoms with E-state index in [2.05, 4.69) is 12.2 Å². The summed E-state index contributed by atoms with van der Waals surface area (Å²) in [6.07, 6.45) is 2.03. The van der Waals surface area contributed by atoms with E-state index in [9.17, 15) is 5.11 Å². The number of hydrogen-bond acceptors (Lipinski definition) is 5. The number of ether oxygens (including phenoxy) is 3. The molecule has 4 unspecified atom stereocenters. The van der Waals surface area contributed by atoms with Crippen molar-refractivity contribution in [1.29, 1.82) is 0 Å². The molecule has 1 saturated carbocycles. The fraction of sp³-hybridized carbons (Fsp3) is 1.00. The molecule has 3 fully saturated rings. The van der Waals surface area contributed by atoms with E-state index in [0.29, 0.717) is 25.9 Å². The average molecular weight is 257 g/mol. The van der Waals surface area contributed by atoms with Gasteiger partial charge in [0.15, 0.2) is 5.79 Å². The van der Waals surface area contributed by atoms with Gasteiger partial charge in [-0.25, -0.2) is 0 Å². The monoisotopic (exact) mass is 257 g/mol. The first-order chi connectivity index (χ1) is 8.69. The van der Waals surface area contributed by atoms with Gasteiger partial charge in [0.05, 0.1) is 32.5 Å². The number of aliphatic hydroxyl groups excluding tert-OH is 1. The van der Waals surface area contributed by atoms with Gasteiger partial charge in [0, 0.05) is 30.8 Å². The molecule has 104 valence electrons. The summed E-state index contributed by atoms with van der Waals surface area (Å²) in [5.74, 6) is -0.286.